The number of urea groups is 1. The summed E-state index contributed by atoms with van der Waals surface area (Å²) in [6, 6.07) is 5.81. The average molecular weight is 237 g/mol. The molecule has 1 aliphatic rings. The lowest BCUT2D eigenvalue weighted by molar-refractivity contribution is 0.177. The Balaban J connectivity index is 1.98. The predicted molar refractivity (Wildman–Crippen MR) is 64.5 cm³/mol. The van der Waals surface area contributed by atoms with E-state index in [1.807, 2.05) is 6.92 Å². The lowest BCUT2D eigenvalue weighted by atomic mass is 10.2. The Morgan fingerprint density at radius 1 is 1.47 bits per heavy atom. The number of nitrogens with one attached hydrogen (secondary N) is 2. The van der Waals surface area contributed by atoms with Gasteiger partial charge in [0, 0.05) is 31.4 Å². The molecule has 0 saturated carbocycles. The highest BCUT2D eigenvalue weighted by Gasteiger charge is 2.22. The fourth-order valence-electron chi connectivity index (χ4n) is 1.87. The van der Waals surface area contributed by atoms with Crippen molar-refractivity contribution in [2.24, 2.45) is 0 Å². The second-order valence-electron chi connectivity index (χ2n) is 4.18. The Morgan fingerprint density at radius 2 is 2.18 bits per heavy atom. The first-order chi connectivity index (χ1) is 8.16. The molecule has 92 valence electrons. The minimum atomic E-state index is -0.307. The number of rotatable bonds is 1. The lowest BCUT2D eigenvalue weighted by Crippen LogP contribution is -2.53. The lowest BCUT2D eigenvalue weighted by Gasteiger charge is -2.33. The van der Waals surface area contributed by atoms with Gasteiger partial charge in [0.05, 0.1) is 0 Å². The summed E-state index contributed by atoms with van der Waals surface area (Å²) in [5.41, 5.74) is 0.613. The third-order valence-electron chi connectivity index (χ3n) is 2.86. The summed E-state index contributed by atoms with van der Waals surface area (Å²) in [5.74, 6) is -0.307. The van der Waals surface area contributed by atoms with Gasteiger partial charge in [-0.3, -0.25) is 0 Å². The zero-order chi connectivity index (χ0) is 12.3. The van der Waals surface area contributed by atoms with E-state index in [-0.39, 0.29) is 17.9 Å². The van der Waals surface area contributed by atoms with E-state index in [1.54, 1.807) is 17.0 Å². The van der Waals surface area contributed by atoms with E-state index in [2.05, 4.69) is 10.6 Å². The van der Waals surface area contributed by atoms with Gasteiger partial charge in [0.25, 0.3) is 0 Å². The fourth-order valence-corrected chi connectivity index (χ4v) is 1.87. The molecule has 0 unspecified atom stereocenters. The monoisotopic (exact) mass is 237 g/mol. The molecular formula is C12H16FN3O. The largest absolute Gasteiger partial charge is 0.322 e. The molecule has 0 radical (unpaired) electrons. The van der Waals surface area contributed by atoms with Gasteiger partial charge in [0.1, 0.15) is 5.82 Å². The van der Waals surface area contributed by atoms with Crippen molar-refractivity contribution in [2.45, 2.75) is 13.0 Å². The van der Waals surface area contributed by atoms with Crippen LogP contribution in [0.2, 0.25) is 0 Å². The molecule has 0 spiro atoms. The van der Waals surface area contributed by atoms with E-state index < -0.39 is 0 Å². The van der Waals surface area contributed by atoms with Gasteiger partial charge in [-0.25, -0.2) is 9.18 Å². The normalized spacial score (nSPS) is 20.1. The van der Waals surface area contributed by atoms with Crippen LogP contribution in [0.3, 0.4) is 0 Å². The van der Waals surface area contributed by atoms with Crippen LogP contribution in [0.1, 0.15) is 6.92 Å². The van der Waals surface area contributed by atoms with Gasteiger partial charge in [-0.05, 0) is 31.2 Å². The highest BCUT2D eigenvalue weighted by Crippen LogP contribution is 2.11. The molecule has 5 heteroatoms. The Bertz CT molecular complexity index is 393. The number of anilines is 1. The van der Waals surface area contributed by atoms with Gasteiger partial charge in [0.15, 0.2) is 0 Å². The van der Waals surface area contributed by atoms with Gasteiger partial charge < -0.3 is 15.5 Å². The van der Waals surface area contributed by atoms with Crippen LogP contribution < -0.4 is 10.6 Å². The summed E-state index contributed by atoms with van der Waals surface area (Å²) in [7, 11) is 0. The molecule has 4 nitrogen and oxygen atoms in total. The molecule has 2 amide bonds. The maximum atomic E-state index is 12.7. The van der Waals surface area contributed by atoms with Crippen molar-refractivity contribution >= 4 is 11.7 Å². The first-order valence-corrected chi connectivity index (χ1v) is 5.71. The molecule has 1 aromatic carbocycles. The number of amides is 2. The maximum Gasteiger partial charge on any atom is 0.322 e. The Labute approximate surface area is 99.8 Å². The highest BCUT2D eigenvalue weighted by atomic mass is 19.1. The van der Waals surface area contributed by atoms with Crippen molar-refractivity contribution in [3.8, 4) is 0 Å². The summed E-state index contributed by atoms with van der Waals surface area (Å²) in [4.78, 5) is 13.7. The van der Waals surface area contributed by atoms with Crippen molar-refractivity contribution < 1.29 is 9.18 Å². The molecule has 1 aromatic rings. The van der Waals surface area contributed by atoms with Crippen LogP contribution in [0.4, 0.5) is 14.9 Å². The fraction of sp³-hybridized carbons (Fsp3) is 0.417. The first kappa shape index (κ1) is 11.9. The minimum absolute atomic E-state index is 0.134. The minimum Gasteiger partial charge on any atom is -0.319 e. The van der Waals surface area contributed by atoms with Gasteiger partial charge in [-0.2, -0.15) is 0 Å². The Morgan fingerprint density at radius 3 is 2.82 bits per heavy atom. The van der Waals surface area contributed by atoms with Crippen molar-refractivity contribution in [2.75, 3.05) is 25.0 Å². The number of carbonyl (C=O) groups is 1. The average Bonchev–Trinajstić information content (AvgIpc) is 2.32. The number of hydrogen-bond acceptors (Lipinski definition) is 2. The highest BCUT2D eigenvalue weighted by molar-refractivity contribution is 5.89. The van der Waals surface area contributed by atoms with E-state index >= 15 is 0 Å². The summed E-state index contributed by atoms with van der Waals surface area (Å²) in [5, 5.41) is 5.98. The van der Waals surface area contributed by atoms with Crippen LogP contribution in [0.25, 0.3) is 0 Å². The van der Waals surface area contributed by atoms with E-state index in [9.17, 15) is 9.18 Å². The summed E-state index contributed by atoms with van der Waals surface area (Å²) in [6.45, 7) is 4.29. The maximum absolute atomic E-state index is 12.7. The summed E-state index contributed by atoms with van der Waals surface area (Å²) in [6.07, 6.45) is 0. The Kier molecular flexibility index (Phi) is 3.58. The molecule has 17 heavy (non-hydrogen) atoms. The molecule has 1 atom stereocenters. The molecule has 1 heterocycles. The van der Waals surface area contributed by atoms with Gasteiger partial charge in [-0.1, -0.05) is 0 Å². The molecule has 0 aromatic heterocycles. The smallest absolute Gasteiger partial charge is 0.319 e. The third kappa shape index (κ3) is 2.94. The number of halogens is 1. The molecule has 2 rings (SSSR count). The van der Waals surface area contributed by atoms with E-state index in [0.717, 1.165) is 13.1 Å². The zero-order valence-corrected chi connectivity index (χ0v) is 9.74. The number of carbonyl (C=O) groups excluding carboxylic acids is 1. The third-order valence-corrected chi connectivity index (χ3v) is 2.86. The summed E-state index contributed by atoms with van der Waals surface area (Å²) < 4.78 is 12.7. The quantitative estimate of drug-likeness (QED) is 0.780. The number of hydrogen-bond donors (Lipinski definition) is 2. The topological polar surface area (TPSA) is 44.4 Å². The van der Waals surface area contributed by atoms with Gasteiger partial charge >= 0.3 is 6.03 Å². The molecule has 1 saturated heterocycles. The van der Waals surface area contributed by atoms with Crippen LogP contribution in [-0.4, -0.2) is 36.6 Å². The van der Waals surface area contributed by atoms with E-state index in [4.69, 9.17) is 0 Å². The van der Waals surface area contributed by atoms with Crippen molar-refractivity contribution in [3.63, 3.8) is 0 Å². The second kappa shape index (κ2) is 5.14. The van der Waals surface area contributed by atoms with E-state index in [1.165, 1.54) is 12.1 Å². The molecule has 0 aliphatic carbocycles. The number of piperazine rings is 1. The molecule has 2 N–H and O–H groups in total. The van der Waals surface area contributed by atoms with Crippen LogP contribution in [0.15, 0.2) is 24.3 Å². The van der Waals surface area contributed by atoms with Crippen molar-refractivity contribution in [1.29, 1.82) is 0 Å². The van der Waals surface area contributed by atoms with Crippen molar-refractivity contribution in [1.82, 2.24) is 10.2 Å². The van der Waals surface area contributed by atoms with Crippen LogP contribution in [0, 0.1) is 5.82 Å². The van der Waals surface area contributed by atoms with Gasteiger partial charge in [-0.15, -0.1) is 0 Å². The number of nitrogens with zero attached hydrogens (tertiary/aromatic N) is 1. The Hall–Kier alpha value is -1.62. The summed E-state index contributed by atoms with van der Waals surface area (Å²) >= 11 is 0. The first-order valence-electron chi connectivity index (χ1n) is 5.71. The SMILES string of the molecule is C[C@H]1CNCCN1C(=O)Nc1ccc(F)cc1. The molecule has 0 bridgehead atoms. The van der Waals surface area contributed by atoms with Gasteiger partial charge in [0.2, 0.25) is 0 Å². The second-order valence-corrected chi connectivity index (χ2v) is 4.18. The molecule has 1 aliphatic heterocycles. The zero-order valence-electron chi connectivity index (χ0n) is 9.74. The predicted octanol–water partition coefficient (Wildman–Crippen LogP) is 1.65. The van der Waals surface area contributed by atoms with Crippen LogP contribution >= 0.6 is 0 Å². The molecule has 1 fully saturated rings. The molecular weight excluding hydrogens is 221 g/mol. The number of benzene rings is 1. The standard InChI is InChI=1S/C12H16FN3O/c1-9-8-14-6-7-16(9)12(17)15-11-4-2-10(13)3-5-11/h2-5,9,14H,6-8H2,1H3,(H,15,17)/t9-/m0/s1. The van der Waals surface area contributed by atoms with Crippen LogP contribution in [-0.2, 0) is 0 Å². The van der Waals surface area contributed by atoms with Crippen molar-refractivity contribution in [3.05, 3.63) is 30.1 Å². The van der Waals surface area contributed by atoms with Crippen LogP contribution in [0.5, 0.6) is 0 Å². The van der Waals surface area contributed by atoms with E-state index in [0.29, 0.717) is 12.2 Å².